The highest BCUT2D eigenvalue weighted by Crippen LogP contribution is 2.14. The Morgan fingerprint density at radius 3 is 0.923 bits per heavy atom. The maximum Gasteiger partial charge on any atom is 0.306 e. The zero-order chi connectivity index (χ0) is 47.2. The highest BCUT2D eigenvalue weighted by molar-refractivity contribution is 5.71. The van der Waals surface area contributed by atoms with Gasteiger partial charge >= 0.3 is 17.9 Å². The number of unbranched alkanes of at least 4 members (excludes halogenated alkanes) is 29. The molecule has 0 saturated heterocycles. The molecule has 0 aromatic carbocycles. The topological polar surface area (TPSA) is 78.9 Å². The van der Waals surface area contributed by atoms with E-state index in [9.17, 15) is 14.4 Å². The summed E-state index contributed by atoms with van der Waals surface area (Å²) in [6.45, 7) is 6.58. The van der Waals surface area contributed by atoms with Gasteiger partial charge in [0.05, 0.1) is 0 Å². The minimum atomic E-state index is -0.789. The van der Waals surface area contributed by atoms with Crippen molar-refractivity contribution in [2.45, 2.75) is 284 Å². The molecule has 0 spiro atoms. The summed E-state index contributed by atoms with van der Waals surface area (Å²) >= 11 is 0. The molecule has 65 heavy (non-hydrogen) atoms. The molecule has 6 nitrogen and oxygen atoms in total. The fourth-order valence-corrected chi connectivity index (χ4v) is 7.73. The second-order valence-electron chi connectivity index (χ2n) is 18.5. The molecule has 0 N–H and O–H groups in total. The number of ether oxygens (including phenoxy) is 3. The van der Waals surface area contributed by atoms with Gasteiger partial charge in [-0.1, -0.05) is 210 Å². The van der Waals surface area contributed by atoms with Crippen LogP contribution >= 0.6 is 0 Å². The molecule has 0 fully saturated rings. The van der Waals surface area contributed by atoms with Gasteiger partial charge in [-0.25, -0.2) is 0 Å². The van der Waals surface area contributed by atoms with Crippen LogP contribution < -0.4 is 0 Å². The standard InChI is InChI=1S/C59H104O6/c1-4-7-10-13-16-19-22-25-27-29-31-34-36-39-42-45-48-51-57(60)63-54-56(65-59(62)53-50-47-44-41-38-33-24-21-18-15-12-9-6-3)55-64-58(61)52-49-46-43-40-37-35-32-30-28-26-23-20-17-14-11-8-5-2/h16,19,21,24-28,31,34,56H,4-15,17-18,20,22-23,29-30,32-33,35-55H2,1-3H3/b19-16-,24-21-,27-25-,28-26-,34-31-/t56-/m1/s1. The van der Waals surface area contributed by atoms with E-state index in [1.807, 2.05) is 0 Å². The fourth-order valence-electron chi connectivity index (χ4n) is 7.73. The largest absolute Gasteiger partial charge is 0.462 e. The monoisotopic (exact) mass is 909 g/mol. The van der Waals surface area contributed by atoms with Crippen LogP contribution in [0.2, 0.25) is 0 Å². The first-order valence-electron chi connectivity index (χ1n) is 27.8. The third-order valence-corrected chi connectivity index (χ3v) is 12.0. The summed E-state index contributed by atoms with van der Waals surface area (Å²) in [6.07, 6.45) is 66.3. The Bertz CT molecular complexity index is 1180. The molecule has 0 saturated carbocycles. The molecule has 0 aromatic heterocycles. The maximum atomic E-state index is 12.8. The molecular weight excluding hydrogens is 805 g/mol. The van der Waals surface area contributed by atoms with Crippen molar-refractivity contribution in [1.82, 2.24) is 0 Å². The van der Waals surface area contributed by atoms with E-state index in [0.717, 1.165) is 96.3 Å². The van der Waals surface area contributed by atoms with Crippen molar-refractivity contribution in [3.8, 4) is 0 Å². The molecule has 0 aliphatic rings. The minimum absolute atomic E-state index is 0.0864. The molecular formula is C59H104O6. The highest BCUT2D eigenvalue weighted by Gasteiger charge is 2.19. The van der Waals surface area contributed by atoms with Crippen LogP contribution in [0.3, 0.4) is 0 Å². The second-order valence-corrected chi connectivity index (χ2v) is 18.5. The second kappa shape index (κ2) is 53.7. The number of hydrogen-bond acceptors (Lipinski definition) is 6. The van der Waals surface area contributed by atoms with E-state index >= 15 is 0 Å². The van der Waals surface area contributed by atoms with Crippen molar-refractivity contribution in [3.63, 3.8) is 0 Å². The van der Waals surface area contributed by atoms with E-state index in [1.54, 1.807) is 0 Å². The summed E-state index contributed by atoms with van der Waals surface area (Å²) in [5.41, 5.74) is 0. The Balaban J connectivity index is 4.41. The molecule has 376 valence electrons. The van der Waals surface area contributed by atoms with Crippen molar-refractivity contribution in [3.05, 3.63) is 60.8 Å². The molecule has 6 heteroatoms. The average Bonchev–Trinajstić information content (AvgIpc) is 3.30. The van der Waals surface area contributed by atoms with Gasteiger partial charge in [0, 0.05) is 19.3 Å². The maximum absolute atomic E-state index is 12.8. The van der Waals surface area contributed by atoms with E-state index in [0.29, 0.717) is 19.3 Å². The van der Waals surface area contributed by atoms with Crippen LogP contribution in [-0.4, -0.2) is 37.2 Å². The SMILES string of the molecule is CCCCC/C=C\C/C=C\C/C=C\CCCCCCC(=O)OC[C@H](COC(=O)CCCCCCCCC/C=C\CCCCCCCC)OC(=O)CCCCCCC/C=C\CCCCCC. The number of carbonyl (C=O) groups excluding carboxylic acids is 3. The lowest BCUT2D eigenvalue weighted by Crippen LogP contribution is -2.30. The van der Waals surface area contributed by atoms with Gasteiger partial charge in [0.2, 0.25) is 0 Å². The van der Waals surface area contributed by atoms with Gasteiger partial charge in [0.1, 0.15) is 13.2 Å². The minimum Gasteiger partial charge on any atom is -0.462 e. The average molecular weight is 909 g/mol. The van der Waals surface area contributed by atoms with E-state index in [-0.39, 0.29) is 31.1 Å². The molecule has 1 atom stereocenters. The Morgan fingerprint density at radius 2 is 0.554 bits per heavy atom. The Morgan fingerprint density at radius 1 is 0.308 bits per heavy atom. The first kappa shape index (κ1) is 62.1. The van der Waals surface area contributed by atoms with Gasteiger partial charge in [-0.05, 0) is 109 Å². The van der Waals surface area contributed by atoms with Gasteiger partial charge in [0.25, 0.3) is 0 Å². The molecule has 0 aromatic rings. The quantitative estimate of drug-likeness (QED) is 0.0262. The van der Waals surface area contributed by atoms with Crippen LogP contribution in [0.25, 0.3) is 0 Å². The van der Waals surface area contributed by atoms with Gasteiger partial charge in [-0.15, -0.1) is 0 Å². The Hall–Kier alpha value is -2.89. The van der Waals surface area contributed by atoms with E-state index in [1.165, 1.54) is 141 Å². The van der Waals surface area contributed by atoms with Crippen LogP contribution in [0.5, 0.6) is 0 Å². The van der Waals surface area contributed by atoms with Crippen LogP contribution in [0.15, 0.2) is 60.8 Å². The smallest absolute Gasteiger partial charge is 0.306 e. The third kappa shape index (κ3) is 51.9. The zero-order valence-corrected chi connectivity index (χ0v) is 43.0. The fraction of sp³-hybridized carbons (Fsp3) is 0.780. The summed E-state index contributed by atoms with van der Waals surface area (Å²) in [5, 5.41) is 0. The van der Waals surface area contributed by atoms with Crippen molar-refractivity contribution in [1.29, 1.82) is 0 Å². The third-order valence-electron chi connectivity index (χ3n) is 12.0. The van der Waals surface area contributed by atoms with Gasteiger partial charge < -0.3 is 14.2 Å². The molecule has 0 unspecified atom stereocenters. The summed E-state index contributed by atoms with van der Waals surface area (Å²) in [6, 6.07) is 0. The van der Waals surface area contributed by atoms with Crippen molar-refractivity contribution >= 4 is 17.9 Å². The van der Waals surface area contributed by atoms with Crippen molar-refractivity contribution in [2.75, 3.05) is 13.2 Å². The van der Waals surface area contributed by atoms with Crippen LogP contribution in [0, 0.1) is 0 Å². The van der Waals surface area contributed by atoms with Crippen molar-refractivity contribution < 1.29 is 28.6 Å². The van der Waals surface area contributed by atoms with Gasteiger partial charge in [0.15, 0.2) is 6.10 Å². The predicted octanol–water partition coefficient (Wildman–Crippen LogP) is 18.4. The summed E-state index contributed by atoms with van der Waals surface area (Å²) in [4.78, 5) is 38.1. The van der Waals surface area contributed by atoms with Gasteiger partial charge in [-0.2, -0.15) is 0 Å². The first-order valence-corrected chi connectivity index (χ1v) is 27.8. The molecule has 0 bridgehead atoms. The number of carbonyl (C=O) groups is 3. The summed E-state index contributed by atoms with van der Waals surface area (Å²) < 4.78 is 16.8. The predicted molar refractivity (Wildman–Crippen MR) is 279 cm³/mol. The molecule has 0 rings (SSSR count). The lowest BCUT2D eigenvalue weighted by Gasteiger charge is -2.18. The van der Waals surface area contributed by atoms with E-state index in [4.69, 9.17) is 14.2 Å². The van der Waals surface area contributed by atoms with E-state index < -0.39 is 6.10 Å². The number of esters is 3. The molecule has 0 aliphatic carbocycles. The first-order chi connectivity index (χ1) is 32.0. The van der Waals surface area contributed by atoms with E-state index in [2.05, 4.69) is 81.5 Å². The van der Waals surface area contributed by atoms with Crippen LogP contribution in [-0.2, 0) is 28.6 Å². The lowest BCUT2D eigenvalue weighted by atomic mass is 10.1. The summed E-state index contributed by atoms with van der Waals surface area (Å²) in [5.74, 6) is -0.914. The molecule has 0 heterocycles. The molecule has 0 amide bonds. The Kier molecular flexibility index (Phi) is 51.3. The van der Waals surface area contributed by atoms with Crippen molar-refractivity contribution in [2.24, 2.45) is 0 Å². The van der Waals surface area contributed by atoms with Crippen LogP contribution in [0.1, 0.15) is 278 Å². The number of hydrogen-bond donors (Lipinski definition) is 0. The number of rotatable bonds is 50. The lowest BCUT2D eigenvalue weighted by molar-refractivity contribution is -0.167. The zero-order valence-electron chi connectivity index (χ0n) is 43.0. The molecule has 0 radical (unpaired) electrons. The van der Waals surface area contributed by atoms with Gasteiger partial charge in [-0.3, -0.25) is 14.4 Å². The summed E-state index contributed by atoms with van der Waals surface area (Å²) in [7, 11) is 0. The normalized spacial score (nSPS) is 12.5. The number of allylic oxidation sites excluding steroid dienone is 10. The highest BCUT2D eigenvalue weighted by atomic mass is 16.6. The Labute approximate surface area is 402 Å². The van der Waals surface area contributed by atoms with Crippen LogP contribution in [0.4, 0.5) is 0 Å². The molecule has 0 aliphatic heterocycles.